The third kappa shape index (κ3) is 8.16. The summed E-state index contributed by atoms with van der Waals surface area (Å²) in [5, 5.41) is 4.37. The highest BCUT2D eigenvalue weighted by Crippen LogP contribution is 2.32. The molecule has 1 aliphatic rings. The number of amides is 1. The van der Waals surface area contributed by atoms with Gasteiger partial charge in [-0.1, -0.05) is 48.7 Å². The van der Waals surface area contributed by atoms with Crippen LogP contribution in [0.15, 0.2) is 78.0 Å². The van der Waals surface area contributed by atoms with Gasteiger partial charge in [0.2, 0.25) is 0 Å². The van der Waals surface area contributed by atoms with Gasteiger partial charge in [-0.05, 0) is 66.9 Å². The van der Waals surface area contributed by atoms with Crippen LogP contribution < -0.4 is 16.2 Å². The molecule has 2 unspecified atom stereocenters. The number of ether oxygens (including phenoxy) is 2. The van der Waals surface area contributed by atoms with E-state index in [1.54, 1.807) is 0 Å². The molecule has 0 spiro atoms. The van der Waals surface area contributed by atoms with Crippen molar-refractivity contribution in [2.75, 3.05) is 32.5 Å². The highest BCUT2D eigenvalue weighted by Gasteiger charge is 2.42. The number of benzene rings is 3. The lowest BCUT2D eigenvalue weighted by Gasteiger charge is -2.21. The molecule has 2 heterocycles. The van der Waals surface area contributed by atoms with Crippen molar-refractivity contribution in [3.63, 3.8) is 0 Å². The number of halogens is 2. The van der Waals surface area contributed by atoms with E-state index < -0.39 is 29.8 Å². The van der Waals surface area contributed by atoms with Crippen LogP contribution in [0.2, 0.25) is 5.02 Å². The number of anilines is 1. The Bertz CT molecular complexity index is 1740. The summed E-state index contributed by atoms with van der Waals surface area (Å²) >= 11 is 6.18. The lowest BCUT2D eigenvalue weighted by Crippen LogP contribution is -2.41. The van der Waals surface area contributed by atoms with Gasteiger partial charge in [-0.2, -0.15) is 5.10 Å². The molecule has 1 saturated heterocycles. The summed E-state index contributed by atoms with van der Waals surface area (Å²) in [6, 6.07) is 16.4. The van der Waals surface area contributed by atoms with Crippen molar-refractivity contribution < 1.29 is 23.5 Å². The Morgan fingerprint density at radius 3 is 2.70 bits per heavy atom. The molecule has 1 aliphatic heterocycles. The van der Waals surface area contributed by atoms with Crippen molar-refractivity contribution in [1.29, 1.82) is 0 Å². The molecule has 4 aromatic rings. The summed E-state index contributed by atoms with van der Waals surface area (Å²) in [4.78, 5) is 32.4. The fourth-order valence-electron chi connectivity index (χ4n) is 5.63. The zero-order valence-electron chi connectivity index (χ0n) is 26.1. The van der Waals surface area contributed by atoms with Crippen LogP contribution in [0.4, 0.5) is 10.1 Å². The molecular formula is C35H38ClFN6O4. The van der Waals surface area contributed by atoms with Crippen molar-refractivity contribution in [3.05, 3.63) is 95.0 Å². The number of unbranched alkanes of at least 4 members (excludes halogenated alkanes) is 3. The average Bonchev–Trinajstić information content (AvgIpc) is 3.72. The normalized spacial score (nSPS) is 16.1. The molecule has 12 heteroatoms. The van der Waals surface area contributed by atoms with Crippen LogP contribution in [0.25, 0.3) is 16.8 Å². The van der Waals surface area contributed by atoms with Crippen LogP contribution in [0, 0.1) is 5.82 Å². The second-order valence-corrected chi connectivity index (χ2v) is 11.7. The highest BCUT2D eigenvalue weighted by atomic mass is 35.5. The summed E-state index contributed by atoms with van der Waals surface area (Å²) in [5.74, 6) is -0.878. The summed E-state index contributed by atoms with van der Waals surface area (Å²) in [6.45, 7) is 1.56. The third-order valence-electron chi connectivity index (χ3n) is 8.03. The molecule has 47 heavy (non-hydrogen) atoms. The number of methoxy groups -OCH3 is 1. The number of carbonyl (C=O) groups is 2. The first-order chi connectivity index (χ1) is 22.8. The number of carbonyl (C=O) groups excluding carboxylic acids is 2. The summed E-state index contributed by atoms with van der Waals surface area (Å²) in [6.07, 6.45) is 8.64. The highest BCUT2D eigenvalue weighted by molar-refractivity contribution is 6.32. The number of rotatable bonds is 13. The van der Waals surface area contributed by atoms with E-state index >= 15 is 0 Å². The Hall–Kier alpha value is -4.74. The molecule has 246 valence electrons. The Balaban J connectivity index is 1.31. The third-order valence-corrected chi connectivity index (χ3v) is 8.34. The SMILES string of the molecule is COC(=O)C1CC(Oc2cccc(-c3cccc(N)c3C=NCCCCCCN)c2)CN1C(=O)c1cnn(-c2ccc(F)cc2Cl)c1. The lowest BCUT2D eigenvalue weighted by atomic mass is 9.98. The predicted octanol–water partition coefficient (Wildman–Crippen LogP) is 5.69. The van der Waals surface area contributed by atoms with E-state index in [0.717, 1.165) is 42.4 Å². The summed E-state index contributed by atoms with van der Waals surface area (Å²) < 4.78 is 26.3. The van der Waals surface area contributed by atoms with E-state index in [0.29, 0.717) is 30.2 Å². The second kappa shape index (κ2) is 15.7. The number of hydrogen-bond donors (Lipinski definition) is 2. The molecule has 0 saturated carbocycles. The maximum absolute atomic E-state index is 13.6. The van der Waals surface area contributed by atoms with Crippen LogP contribution in [0.3, 0.4) is 0 Å². The second-order valence-electron chi connectivity index (χ2n) is 11.3. The number of esters is 1. The quantitative estimate of drug-likeness (QED) is 0.0814. The van der Waals surface area contributed by atoms with E-state index in [1.807, 2.05) is 48.7 Å². The van der Waals surface area contributed by atoms with Gasteiger partial charge < -0.3 is 25.8 Å². The van der Waals surface area contributed by atoms with Gasteiger partial charge in [0, 0.05) is 36.6 Å². The van der Waals surface area contributed by atoms with Crippen molar-refractivity contribution >= 4 is 35.4 Å². The standard InChI is InChI=1S/C35H38ClFN6O4/c1-46-35(45)33-18-27(22-42(33)34(44)24-19-41-43(21-24)32-13-12-25(37)17-30(32)36)47-26-9-6-8-23(16-26)28-10-7-11-31(39)29(28)20-40-15-5-3-2-4-14-38/h6-13,16-17,19-21,27,33H,2-5,14-15,18,22,38-39H2,1H3. The number of aromatic nitrogens is 2. The zero-order chi connectivity index (χ0) is 33.3. The minimum Gasteiger partial charge on any atom is -0.488 e. The van der Waals surface area contributed by atoms with E-state index in [-0.39, 0.29) is 23.6 Å². The minimum atomic E-state index is -0.856. The number of nitrogens with zero attached hydrogens (tertiary/aromatic N) is 4. The number of nitrogens with two attached hydrogens (primary N) is 2. The zero-order valence-corrected chi connectivity index (χ0v) is 26.9. The molecule has 4 N–H and O–H groups in total. The van der Waals surface area contributed by atoms with Crippen molar-refractivity contribution in [1.82, 2.24) is 14.7 Å². The Labute approximate surface area is 278 Å². The maximum atomic E-state index is 13.6. The fraction of sp³-hybridized carbons (Fsp3) is 0.314. The first-order valence-corrected chi connectivity index (χ1v) is 15.9. The van der Waals surface area contributed by atoms with Gasteiger partial charge in [-0.25, -0.2) is 13.9 Å². The molecule has 3 aromatic carbocycles. The van der Waals surface area contributed by atoms with Crippen LogP contribution in [-0.2, 0) is 9.53 Å². The average molecular weight is 661 g/mol. The maximum Gasteiger partial charge on any atom is 0.328 e. The van der Waals surface area contributed by atoms with Crippen LogP contribution in [-0.4, -0.2) is 71.7 Å². The first kappa shape index (κ1) is 33.6. The molecule has 0 aliphatic carbocycles. The van der Waals surface area contributed by atoms with Crippen LogP contribution >= 0.6 is 11.6 Å². The van der Waals surface area contributed by atoms with Crippen molar-refractivity contribution in [2.24, 2.45) is 10.7 Å². The predicted molar refractivity (Wildman–Crippen MR) is 181 cm³/mol. The van der Waals surface area contributed by atoms with E-state index in [1.165, 1.54) is 47.3 Å². The summed E-state index contributed by atoms with van der Waals surface area (Å²) in [7, 11) is 1.28. The van der Waals surface area contributed by atoms with E-state index in [4.69, 9.17) is 32.5 Å². The fourth-order valence-corrected chi connectivity index (χ4v) is 5.88. The van der Waals surface area contributed by atoms with Gasteiger partial charge >= 0.3 is 5.97 Å². The largest absolute Gasteiger partial charge is 0.488 e. The van der Waals surface area contributed by atoms with Gasteiger partial charge in [0.05, 0.1) is 36.1 Å². The monoisotopic (exact) mass is 660 g/mol. The topological polar surface area (TPSA) is 138 Å². The molecule has 2 atom stereocenters. The van der Waals surface area contributed by atoms with Gasteiger partial charge in [-0.15, -0.1) is 0 Å². The number of nitrogen functional groups attached to an aromatic ring is 1. The number of aliphatic imine (C=N–C) groups is 1. The van der Waals surface area contributed by atoms with Crippen molar-refractivity contribution in [2.45, 2.75) is 44.2 Å². The molecular weight excluding hydrogens is 623 g/mol. The molecule has 5 rings (SSSR count). The van der Waals surface area contributed by atoms with Gasteiger partial charge in [0.25, 0.3) is 5.91 Å². The number of hydrogen-bond acceptors (Lipinski definition) is 8. The Kier molecular flexibility index (Phi) is 11.2. The van der Waals surface area contributed by atoms with E-state index in [2.05, 4.69) is 10.1 Å². The Morgan fingerprint density at radius 1 is 1.11 bits per heavy atom. The van der Waals surface area contributed by atoms with Gasteiger partial charge in [0.15, 0.2) is 0 Å². The smallest absolute Gasteiger partial charge is 0.328 e. The molecule has 10 nitrogen and oxygen atoms in total. The summed E-state index contributed by atoms with van der Waals surface area (Å²) in [5.41, 5.74) is 15.8. The van der Waals surface area contributed by atoms with E-state index in [9.17, 15) is 14.0 Å². The first-order valence-electron chi connectivity index (χ1n) is 15.5. The van der Waals surface area contributed by atoms with Crippen molar-refractivity contribution in [3.8, 4) is 22.6 Å². The Morgan fingerprint density at radius 2 is 1.91 bits per heavy atom. The molecule has 1 amide bonds. The molecule has 0 radical (unpaired) electrons. The lowest BCUT2D eigenvalue weighted by molar-refractivity contribution is -0.145. The van der Waals surface area contributed by atoms with Gasteiger partial charge in [0.1, 0.15) is 23.7 Å². The molecule has 1 aromatic heterocycles. The van der Waals surface area contributed by atoms with Crippen LogP contribution in [0.5, 0.6) is 5.75 Å². The van der Waals surface area contributed by atoms with Gasteiger partial charge in [-0.3, -0.25) is 9.79 Å². The molecule has 1 fully saturated rings. The number of likely N-dealkylation sites (tertiary alicyclic amines) is 1. The minimum absolute atomic E-state index is 0.142. The molecule has 0 bridgehead atoms. The van der Waals surface area contributed by atoms with Crippen LogP contribution in [0.1, 0.15) is 48.0 Å².